The molecule has 0 aliphatic rings. The molecule has 0 aliphatic heterocycles. The largest absolute Gasteiger partial charge is 0.369 e. The van der Waals surface area contributed by atoms with Gasteiger partial charge in [-0.15, -0.1) is 0 Å². The predicted molar refractivity (Wildman–Crippen MR) is 63.2 cm³/mol. The van der Waals surface area contributed by atoms with Crippen LogP contribution in [0, 0.1) is 15.9 Å². The van der Waals surface area contributed by atoms with Crippen LogP contribution in [0.2, 0.25) is 0 Å². The van der Waals surface area contributed by atoms with Gasteiger partial charge in [-0.1, -0.05) is 13.0 Å². The van der Waals surface area contributed by atoms with E-state index in [0.717, 1.165) is 12.1 Å². The van der Waals surface area contributed by atoms with Crippen molar-refractivity contribution in [2.45, 2.75) is 13.5 Å². The molecule has 6 nitrogen and oxygen atoms in total. The van der Waals surface area contributed by atoms with E-state index in [4.69, 9.17) is 5.73 Å². The zero-order valence-corrected chi connectivity index (χ0v) is 9.93. The molecular weight excluding hydrogens is 241 g/mol. The second-order valence-electron chi connectivity index (χ2n) is 3.81. The molecule has 2 N–H and O–H groups in total. The van der Waals surface area contributed by atoms with Gasteiger partial charge in [-0.2, -0.15) is 4.39 Å². The van der Waals surface area contributed by atoms with Gasteiger partial charge < -0.3 is 5.73 Å². The number of carbonyl (C=O) groups is 1. The maximum absolute atomic E-state index is 13.4. The number of hydrogen-bond donors (Lipinski definition) is 1. The van der Waals surface area contributed by atoms with E-state index in [9.17, 15) is 19.3 Å². The van der Waals surface area contributed by atoms with Crippen LogP contribution in [-0.4, -0.2) is 28.8 Å². The van der Waals surface area contributed by atoms with Crippen LogP contribution in [0.25, 0.3) is 0 Å². The third-order valence-electron chi connectivity index (χ3n) is 2.44. The van der Waals surface area contributed by atoms with E-state index in [-0.39, 0.29) is 6.54 Å². The van der Waals surface area contributed by atoms with Crippen LogP contribution in [0.4, 0.5) is 10.1 Å². The maximum Gasteiger partial charge on any atom is 0.304 e. The second-order valence-corrected chi connectivity index (χ2v) is 3.81. The second kappa shape index (κ2) is 6.06. The molecule has 1 rings (SSSR count). The third kappa shape index (κ3) is 3.77. The molecule has 1 amide bonds. The number of nitro groups is 1. The number of primary amides is 1. The summed E-state index contributed by atoms with van der Waals surface area (Å²) in [5.74, 6) is -1.35. The average molecular weight is 255 g/mol. The number of likely N-dealkylation sites (N-methyl/N-ethyl adjacent to an activating group) is 1. The smallest absolute Gasteiger partial charge is 0.304 e. The fourth-order valence-electron chi connectivity index (χ4n) is 1.55. The fourth-order valence-corrected chi connectivity index (χ4v) is 1.55. The van der Waals surface area contributed by atoms with Crippen molar-refractivity contribution in [3.8, 4) is 0 Å². The van der Waals surface area contributed by atoms with Gasteiger partial charge in [0.2, 0.25) is 11.7 Å². The minimum absolute atomic E-state index is 0.0646. The third-order valence-corrected chi connectivity index (χ3v) is 2.44. The van der Waals surface area contributed by atoms with Crippen LogP contribution in [0.5, 0.6) is 0 Å². The highest BCUT2D eigenvalue weighted by molar-refractivity contribution is 5.75. The zero-order valence-electron chi connectivity index (χ0n) is 9.93. The summed E-state index contributed by atoms with van der Waals surface area (Å²) in [4.78, 5) is 22.2. The number of carbonyl (C=O) groups excluding carboxylic acids is 1. The quantitative estimate of drug-likeness (QED) is 0.607. The summed E-state index contributed by atoms with van der Waals surface area (Å²) in [6, 6.07) is 3.68. The van der Waals surface area contributed by atoms with E-state index < -0.39 is 22.3 Å². The molecule has 0 aliphatic carbocycles. The Morgan fingerprint density at radius 3 is 2.67 bits per heavy atom. The van der Waals surface area contributed by atoms with Gasteiger partial charge in [0.25, 0.3) is 0 Å². The van der Waals surface area contributed by atoms with Crippen molar-refractivity contribution in [1.29, 1.82) is 0 Å². The summed E-state index contributed by atoms with van der Waals surface area (Å²) in [6.45, 7) is 2.79. The van der Waals surface area contributed by atoms with Crippen LogP contribution < -0.4 is 5.73 Å². The minimum Gasteiger partial charge on any atom is -0.369 e. The topological polar surface area (TPSA) is 89.5 Å². The molecule has 0 unspecified atom stereocenters. The van der Waals surface area contributed by atoms with Gasteiger partial charge in [-0.3, -0.25) is 19.8 Å². The Bertz CT molecular complexity index is 465. The Kier molecular flexibility index (Phi) is 4.73. The summed E-state index contributed by atoms with van der Waals surface area (Å²) in [7, 11) is 0. The summed E-state index contributed by atoms with van der Waals surface area (Å²) < 4.78 is 13.4. The Morgan fingerprint density at radius 2 is 2.22 bits per heavy atom. The molecule has 0 spiro atoms. The van der Waals surface area contributed by atoms with Crippen LogP contribution in [0.3, 0.4) is 0 Å². The molecule has 0 atom stereocenters. The fraction of sp³-hybridized carbons (Fsp3) is 0.364. The Balaban J connectivity index is 2.81. The molecule has 0 saturated carbocycles. The summed E-state index contributed by atoms with van der Waals surface area (Å²) >= 11 is 0. The first kappa shape index (κ1) is 14.0. The number of nitro benzene ring substituents is 1. The van der Waals surface area contributed by atoms with Crippen molar-refractivity contribution >= 4 is 11.6 Å². The zero-order chi connectivity index (χ0) is 13.7. The van der Waals surface area contributed by atoms with E-state index >= 15 is 0 Å². The highest BCUT2D eigenvalue weighted by Crippen LogP contribution is 2.18. The molecule has 1 aromatic rings. The van der Waals surface area contributed by atoms with Gasteiger partial charge in [-0.25, -0.2) is 0 Å². The van der Waals surface area contributed by atoms with E-state index in [0.29, 0.717) is 18.7 Å². The normalized spacial score (nSPS) is 10.6. The molecule has 1 aromatic carbocycles. The molecule has 0 heterocycles. The van der Waals surface area contributed by atoms with Gasteiger partial charge in [0.05, 0.1) is 11.5 Å². The van der Waals surface area contributed by atoms with Crippen molar-refractivity contribution < 1.29 is 14.1 Å². The molecule has 0 aromatic heterocycles. The number of hydrogen-bond acceptors (Lipinski definition) is 4. The van der Waals surface area contributed by atoms with Crippen LogP contribution in [-0.2, 0) is 11.3 Å². The lowest BCUT2D eigenvalue weighted by Gasteiger charge is -2.18. The lowest BCUT2D eigenvalue weighted by molar-refractivity contribution is -0.387. The van der Waals surface area contributed by atoms with E-state index in [2.05, 4.69) is 0 Å². The summed E-state index contributed by atoms with van der Waals surface area (Å²) in [6.07, 6.45) is 0. The van der Waals surface area contributed by atoms with E-state index in [1.807, 2.05) is 6.92 Å². The number of benzene rings is 1. The Labute approximate surface area is 103 Å². The molecule has 0 radical (unpaired) electrons. The van der Waals surface area contributed by atoms with E-state index in [1.165, 1.54) is 6.07 Å². The molecule has 0 fully saturated rings. The summed E-state index contributed by atoms with van der Waals surface area (Å²) in [5, 5.41) is 10.5. The molecule has 98 valence electrons. The minimum atomic E-state index is -0.882. The Hall–Kier alpha value is -2.02. The molecular formula is C11H14FN3O3. The first-order valence-electron chi connectivity index (χ1n) is 5.37. The monoisotopic (exact) mass is 255 g/mol. The highest BCUT2D eigenvalue weighted by Gasteiger charge is 2.15. The highest BCUT2D eigenvalue weighted by atomic mass is 19.1. The first-order chi connectivity index (χ1) is 8.43. The number of halogens is 1. The van der Waals surface area contributed by atoms with Crippen LogP contribution in [0.1, 0.15) is 12.5 Å². The van der Waals surface area contributed by atoms with Crippen molar-refractivity contribution in [3.05, 3.63) is 39.7 Å². The van der Waals surface area contributed by atoms with Crippen molar-refractivity contribution in [1.82, 2.24) is 4.90 Å². The lowest BCUT2D eigenvalue weighted by atomic mass is 10.2. The van der Waals surface area contributed by atoms with Gasteiger partial charge >= 0.3 is 5.69 Å². The van der Waals surface area contributed by atoms with Gasteiger partial charge in [-0.05, 0) is 18.2 Å². The molecule has 7 heteroatoms. The predicted octanol–water partition coefficient (Wildman–Crippen LogP) is 1.04. The number of amides is 1. The molecule has 0 saturated heterocycles. The average Bonchev–Trinajstić information content (AvgIpc) is 2.27. The number of nitrogens with zero attached hydrogens (tertiary/aromatic N) is 2. The van der Waals surface area contributed by atoms with E-state index in [1.54, 1.807) is 4.90 Å². The SMILES string of the molecule is CCN(CC(N)=O)Cc1ccc([N+](=O)[O-])c(F)c1. The van der Waals surface area contributed by atoms with Gasteiger partial charge in [0, 0.05) is 12.6 Å². The van der Waals surface area contributed by atoms with Gasteiger partial charge in [0.1, 0.15) is 0 Å². The lowest BCUT2D eigenvalue weighted by Crippen LogP contribution is -2.33. The van der Waals surface area contributed by atoms with Gasteiger partial charge in [0.15, 0.2) is 0 Å². The van der Waals surface area contributed by atoms with Crippen molar-refractivity contribution in [2.75, 3.05) is 13.1 Å². The molecule has 18 heavy (non-hydrogen) atoms. The number of nitrogens with two attached hydrogens (primary N) is 1. The van der Waals surface area contributed by atoms with Crippen LogP contribution >= 0.6 is 0 Å². The Morgan fingerprint density at radius 1 is 1.56 bits per heavy atom. The van der Waals surface area contributed by atoms with Crippen molar-refractivity contribution in [3.63, 3.8) is 0 Å². The van der Waals surface area contributed by atoms with Crippen molar-refractivity contribution in [2.24, 2.45) is 5.73 Å². The molecule has 0 bridgehead atoms. The summed E-state index contributed by atoms with van der Waals surface area (Å²) in [5.41, 5.74) is 5.07. The number of rotatable bonds is 6. The van der Waals surface area contributed by atoms with Crippen LogP contribution in [0.15, 0.2) is 18.2 Å². The standard InChI is InChI=1S/C11H14FN3O3/c1-2-14(7-11(13)16)6-8-3-4-10(15(17)18)9(12)5-8/h3-5H,2,6-7H2,1H3,(H2,13,16). The maximum atomic E-state index is 13.4. The first-order valence-corrected chi connectivity index (χ1v) is 5.37.